The van der Waals surface area contributed by atoms with E-state index in [-0.39, 0.29) is 11.9 Å². The number of nitrogens with one attached hydrogen (secondary N) is 1. The Hall–Kier alpha value is -2.12. The lowest BCUT2D eigenvalue weighted by Crippen LogP contribution is -2.48. The molecule has 1 aliphatic rings. The number of carbonyl (C=O) groups excluding carboxylic acids is 1. The van der Waals surface area contributed by atoms with Crippen LogP contribution in [0, 0.1) is 12.8 Å². The Bertz CT molecular complexity index is 572. The van der Waals surface area contributed by atoms with Crippen LogP contribution in [0.15, 0.2) is 9.52 Å². The number of hydrogen-bond acceptors (Lipinski definition) is 6. The molecule has 1 aromatic heterocycles. The van der Waals surface area contributed by atoms with E-state index in [1.54, 1.807) is 0 Å². The summed E-state index contributed by atoms with van der Waals surface area (Å²) in [5, 5.41) is 7.11. The lowest BCUT2D eigenvalue weighted by atomic mass is 9.98. The van der Waals surface area contributed by atoms with Crippen LogP contribution in [0.25, 0.3) is 0 Å². The normalized spacial score (nSPS) is 18.3. The van der Waals surface area contributed by atoms with Crippen LogP contribution in [0.2, 0.25) is 0 Å². The Morgan fingerprint density at radius 2 is 2.32 bits per heavy atom. The van der Waals surface area contributed by atoms with Crippen molar-refractivity contribution in [2.24, 2.45) is 10.9 Å². The number of aliphatic imine (C=N–C) groups is 1. The summed E-state index contributed by atoms with van der Waals surface area (Å²) < 4.78 is 10.3. The summed E-state index contributed by atoms with van der Waals surface area (Å²) in [6.07, 6.45) is 3.40. The average Bonchev–Trinajstić information content (AvgIpc) is 3.03. The number of piperidine rings is 1. The van der Waals surface area contributed by atoms with Gasteiger partial charge in [-0.3, -0.25) is 9.79 Å². The highest BCUT2D eigenvalue weighted by molar-refractivity contribution is 5.81. The molecule has 8 heteroatoms. The molecule has 0 aromatic carbocycles. The summed E-state index contributed by atoms with van der Waals surface area (Å²) in [6, 6.07) is 0. The van der Waals surface area contributed by atoms with E-state index in [9.17, 15) is 4.79 Å². The molecule has 0 spiro atoms. The van der Waals surface area contributed by atoms with Gasteiger partial charge in [0.15, 0.2) is 11.8 Å². The summed E-state index contributed by atoms with van der Waals surface area (Å²) in [5.41, 5.74) is 0. The molecule has 0 bridgehead atoms. The van der Waals surface area contributed by atoms with Gasteiger partial charge in [-0.25, -0.2) is 0 Å². The lowest BCUT2D eigenvalue weighted by molar-refractivity contribution is -0.149. The van der Waals surface area contributed by atoms with Crippen LogP contribution in [-0.2, 0) is 16.0 Å². The molecule has 1 N–H and O–H groups in total. The zero-order chi connectivity index (χ0) is 18.1. The molecule has 140 valence electrons. The van der Waals surface area contributed by atoms with Crippen molar-refractivity contribution in [3.63, 3.8) is 0 Å². The molecule has 25 heavy (non-hydrogen) atoms. The number of ether oxygens (including phenoxy) is 1. The average molecular weight is 351 g/mol. The molecule has 1 atom stereocenters. The van der Waals surface area contributed by atoms with Crippen LogP contribution in [0.4, 0.5) is 0 Å². The molecule has 0 saturated carbocycles. The molecule has 0 aliphatic carbocycles. The predicted molar refractivity (Wildman–Crippen MR) is 94.3 cm³/mol. The van der Waals surface area contributed by atoms with Gasteiger partial charge in [0.25, 0.3) is 0 Å². The zero-order valence-corrected chi connectivity index (χ0v) is 15.5. The van der Waals surface area contributed by atoms with Crippen LogP contribution in [0.3, 0.4) is 0 Å². The van der Waals surface area contributed by atoms with Crippen molar-refractivity contribution < 1.29 is 14.1 Å². The number of carbonyl (C=O) groups is 1. The number of hydrogen-bond donors (Lipinski definition) is 1. The summed E-state index contributed by atoms with van der Waals surface area (Å²) in [7, 11) is 0. The van der Waals surface area contributed by atoms with E-state index >= 15 is 0 Å². The van der Waals surface area contributed by atoms with Crippen molar-refractivity contribution in [2.75, 3.05) is 32.8 Å². The molecule has 2 heterocycles. The third-order valence-electron chi connectivity index (χ3n) is 4.06. The van der Waals surface area contributed by atoms with Gasteiger partial charge in [-0.2, -0.15) is 4.98 Å². The van der Waals surface area contributed by atoms with Gasteiger partial charge in [-0.1, -0.05) is 5.16 Å². The molecule has 0 radical (unpaired) electrons. The van der Waals surface area contributed by atoms with Gasteiger partial charge in [-0.05, 0) is 40.0 Å². The first-order valence-corrected chi connectivity index (χ1v) is 9.13. The minimum absolute atomic E-state index is 0.0704. The SMILES string of the molecule is CCNC(=NCCCc1nc(C)no1)N1CCCC(C(=O)OCC)C1. The first kappa shape index (κ1) is 19.2. The zero-order valence-electron chi connectivity index (χ0n) is 15.5. The Labute approximate surface area is 149 Å². The van der Waals surface area contributed by atoms with E-state index in [1.807, 2.05) is 20.8 Å². The second kappa shape index (κ2) is 10.0. The number of rotatable bonds is 7. The minimum Gasteiger partial charge on any atom is -0.466 e. The Morgan fingerprint density at radius 3 is 3.00 bits per heavy atom. The fourth-order valence-corrected chi connectivity index (χ4v) is 2.90. The van der Waals surface area contributed by atoms with Crippen molar-refractivity contribution in [1.29, 1.82) is 0 Å². The lowest BCUT2D eigenvalue weighted by Gasteiger charge is -2.34. The first-order valence-electron chi connectivity index (χ1n) is 9.13. The number of guanidine groups is 1. The van der Waals surface area contributed by atoms with Crippen molar-refractivity contribution in [2.45, 2.75) is 46.5 Å². The highest BCUT2D eigenvalue weighted by atomic mass is 16.5. The highest BCUT2D eigenvalue weighted by Gasteiger charge is 2.28. The van der Waals surface area contributed by atoms with E-state index in [4.69, 9.17) is 9.26 Å². The van der Waals surface area contributed by atoms with Crippen molar-refractivity contribution >= 4 is 11.9 Å². The number of nitrogens with zero attached hydrogens (tertiary/aromatic N) is 4. The van der Waals surface area contributed by atoms with Gasteiger partial charge in [0.2, 0.25) is 5.89 Å². The summed E-state index contributed by atoms with van der Waals surface area (Å²) in [6.45, 7) is 9.16. The van der Waals surface area contributed by atoms with Gasteiger partial charge < -0.3 is 19.5 Å². The first-order chi connectivity index (χ1) is 12.1. The van der Waals surface area contributed by atoms with Crippen LogP contribution >= 0.6 is 0 Å². The van der Waals surface area contributed by atoms with Crippen LogP contribution in [0.1, 0.15) is 44.8 Å². The number of esters is 1. The molecule has 1 aliphatic heterocycles. The molecule has 1 unspecified atom stereocenters. The molecular formula is C17H29N5O3. The van der Waals surface area contributed by atoms with E-state index in [1.165, 1.54) is 0 Å². The fourth-order valence-electron chi connectivity index (χ4n) is 2.90. The van der Waals surface area contributed by atoms with Crippen LogP contribution in [-0.4, -0.2) is 59.8 Å². The van der Waals surface area contributed by atoms with Gasteiger partial charge in [0.1, 0.15) is 0 Å². The Balaban J connectivity index is 1.88. The quantitative estimate of drug-likeness (QED) is 0.345. The number of aryl methyl sites for hydroxylation is 2. The van der Waals surface area contributed by atoms with E-state index in [0.717, 1.165) is 44.7 Å². The standard InChI is InChI=1S/C17H29N5O3/c1-4-18-17(19-10-6-9-15-20-13(3)21-25-15)22-11-7-8-14(12-22)16(23)24-5-2/h14H,4-12H2,1-3H3,(H,18,19). The maximum atomic E-state index is 12.0. The molecule has 1 saturated heterocycles. The van der Waals surface area contributed by atoms with E-state index < -0.39 is 0 Å². The van der Waals surface area contributed by atoms with Gasteiger partial charge in [0.05, 0.1) is 12.5 Å². The van der Waals surface area contributed by atoms with Crippen molar-refractivity contribution in [1.82, 2.24) is 20.4 Å². The predicted octanol–water partition coefficient (Wildman–Crippen LogP) is 1.55. The Morgan fingerprint density at radius 1 is 1.48 bits per heavy atom. The molecule has 2 rings (SSSR count). The topological polar surface area (TPSA) is 92.9 Å². The largest absolute Gasteiger partial charge is 0.466 e. The van der Waals surface area contributed by atoms with Gasteiger partial charge >= 0.3 is 5.97 Å². The fraction of sp³-hybridized carbons (Fsp3) is 0.765. The summed E-state index contributed by atoms with van der Waals surface area (Å²) in [4.78, 5) is 23.1. The Kier molecular flexibility index (Phi) is 7.69. The molecule has 1 aromatic rings. The smallest absolute Gasteiger partial charge is 0.310 e. The maximum Gasteiger partial charge on any atom is 0.310 e. The molecular weight excluding hydrogens is 322 g/mol. The maximum absolute atomic E-state index is 12.0. The summed E-state index contributed by atoms with van der Waals surface area (Å²) in [5.74, 6) is 2.00. The van der Waals surface area contributed by atoms with Crippen molar-refractivity contribution in [3.05, 3.63) is 11.7 Å². The van der Waals surface area contributed by atoms with Gasteiger partial charge in [0, 0.05) is 32.6 Å². The third-order valence-corrected chi connectivity index (χ3v) is 4.06. The third kappa shape index (κ3) is 6.03. The second-order valence-corrected chi connectivity index (χ2v) is 6.11. The number of aromatic nitrogens is 2. The van der Waals surface area contributed by atoms with E-state index in [0.29, 0.717) is 31.4 Å². The molecule has 1 fully saturated rings. The molecule has 0 amide bonds. The van der Waals surface area contributed by atoms with Crippen LogP contribution in [0.5, 0.6) is 0 Å². The van der Waals surface area contributed by atoms with Gasteiger partial charge in [-0.15, -0.1) is 0 Å². The monoisotopic (exact) mass is 351 g/mol. The number of likely N-dealkylation sites (tertiary alicyclic amines) is 1. The second-order valence-electron chi connectivity index (χ2n) is 6.11. The summed E-state index contributed by atoms with van der Waals surface area (Å²) >= 11 is 0. The minimum atomic E-state index is -0.102. The highest BCUT2D eigenvalue weighted by Crippen LogP contribution is 2.18. The van der Waals surface area contributed by atoms with Crippen molar-refractivity contribution in [3.8, 4) is 0 Å². The molecule has 8 nitrogen and oxygen atoms in total. The van der Waals surface area contributed by atoms with Crippen LogP contribution < -0.4 is 5.32 Å². The van der Waals surface area contributed by atoms with E-state index in [2.05, 4.69) is 25.3 Å².